The molecule has 0 spiro atoms. The van der Waals surface area contributed by atoms with Gasteiger partial charge in [-0.05, 0) is 67.1 Å². The molecule has 2 N–H and O–H groups in total. The summed E-state index contributed by atoms with van der Waals surface area (Å²) in [7, 11) is -3.88. The molecule has 3 aromatic carbocycles. The van der Waals surface area contributed by atoms with Gasteiger partial charge in [0.2, 0.25) is 0 Å². The summed E-state index contributed by atoms with van der Waals surface area (Å²) in [4.78, 5) is 12.2. The Balaban J connectivity index is 1.70. The Hall–Kier alpha value is -2.74. The van der Waals surface area contributed by atoms with Gasteiger partial charge in [-0.15, -0.1) is 0 Å². The number of ether oxygens (including phenoxy) is 1. The lowest BCUT2D eigenvalue weighted by Gasteiger charge is -2.13. The summed E-state index contributed by atoms with van der Waals surface area (Å²) in [5.74, 6) is 0.0624. The smallest absolute Gasteiger partial charge is 0.262 e. The normalized spacial score (nSPS) is 11.0. The number of carbonyl (C=O) groups excluding carboxylic acids is 1. The van der Waals surface area contributed by atoms with E-state index in [0.717, 1.165) is 0 Å². The molecule has 0 bridgehead atoms. The summed E-state index contributed by atoms with van der Waals surface area (Å²) in [6.45, 7) is 1.43. The van der Waals surface area contributed by atoms with E-state index in [0.29, 0.717) is 32.7 Å². The van der Waals surface area contributed by atoms with Gasteiger partial charge in [0.05, 0.1) is 10.6 Å². The number of halogens is 2. The van der Waals surface area contributed by atoms with Crippen molar-refractivity contribution >= 4 is 50.5 Å². The van der Waals surface area contributed by atoms with Crippen molar-refractivity contribution in [1.29, 1.82) is 0 Å². The van der Waals surface area contributed by atoms with Crippen molar-refractivity contribution in [2.45, 2.75) is 11.8 Å². The van der Waals surface area contributed by atoms with Gasteiger partial charge in [0.25, 0.3) is 15.9 Å². The molecule has 0 saturated heterocycles. The predicted octanol–water partition coefficient (Wildman–Crippen LogP) is 5.12. The van der Waals surface area contributed by atoms with Crippen LogP contribution in [0.3, 0.4) is 0 Å². The fourth-order valence-electron chi connectivity index (χ4n) is 2.61. The van der Waals surface area contributed by atoms with Crippen LogP contribution in [-0.4, -0.2) is 20.9 Å². The second-order valence-corrected chi connectivity index (χ2v) is 8.91. The first-order valence-corrected chi connectivity index (χ1v) is 11.0. The second kappa shape index (κ2) is 9.38. The molecule has 0 aromatic heterocycles. The summed E-state index contributed by atoms with van der Waals surface area (Å²) in [6.07, 6.45) is 0. The highest BCUT2D eigenvalue weighted by Gasteiger charge is 2.18. The monoisotopic (exact) mass is 464 g/mol. The molecule has 0 fully saturated rings. The van der Waals surface area contributed by atoms with Crippen LogP contribution in [0.2, 0.25) is 10.0 Å². The standard InChI is InChI=1S/C21H18Cl2N2O4S/c1-14-5-8-17(24-21(26)13-29-19-9-6-15(22)7-10-19)12-20(14)30(27,28)25-18-4-2-3-16(23)11-18/h2-12,25H,13H2,1H3,(H,24,26). The first kappa shape index (κ1) is 22.0. The number of sulfonamides is 1. The molecule has 6 nitrogen and oxygen atoms in total. The van der Waals surface area contributed by atoms with Gasteiger partial charge in [-0.1, -0.05) is 35.3 Å². The van der Waals surface area contributed by atoms with Gasteiger partial charge in [0.1, 0.15) is 5.75 Å². The quantitative estimate of drug-likeness (QED) is 0.507. The molecule has 3 rings (SSSR count). The Morgan fingerprint density at radius 2 is 1.67 bits per heavy atom. The van der Waals surface area contributed by atoms with Crippen molar-refractivity contribution in [2.75, 3.05) is 16.6 Å². The molecule has 0 radical (unpaired) electrons. The minimum absolute atomic E-state index is 0.0406. The Morgan fingerprint density at radius 3 is 2.37 bits per heavy atom. The zero-order valence-electron chi connectivity index (χ0n) is 15.9. The molecular weight excluding hydrogens is 447 g/mol. The first-order valence-electron chi connectivity index (χ1n) is 8.80. The highest BCUT2D eigenvalue weighted by molar-refractivity contribution is 7.92. The second-order valence-electron chi connectivity index (χ2n) is 6.39. The molecule has 0 aliphatic heterocycles. The number of amides is 1. The third-order valence-corrected chi connectivity index (χ3v) is 6.03. The van der Waals surface area contributed by atoms with Gasteiger partial charge in [-0.2, -0.15) is 0 Å². The minimum atomic E-state index is -3.88. The molecule has 0 aliphatic rings. The fraction of sp³-hybridized carbons (Fsp3) is 0.0952. The molecule has 9 heteroatoms. The topological polar surface area (TPSA) is 84.5 Å². The largest absolute Gasteiger partial charge is 0.484 e. The summed E-state index contributed by atoms with van der Waals surface area (Å²) >= 11 is 11.7. The Morgan fingerprint density at radius 1 is 0.933 bits per heavy atom. The third kappa shape index (κ3) is 5.89. The maximum atomic E-state index is 12.8. The molecule has 1 amide bonds. The number of hydrogen-bond acceptors (Lipinski definition) is 4. The average Bonchev–Trinajstić information content (AvgIpc) is 2.68. The van der Waals surface area contributed by atoms with E-state index in [1.807, 2.05) is 0 Å². The van der Waals surface area contributed by atoms with E-state index in [-0.39, 0.29) is 11.5 Å². The molecule has 3 aromatic rings. The van der Waals surface area contributed by atoms with Crippen molar-refractivity contribution < 1.29 is 17.9 Å². The van der Waals surface area contributed by atoms with E-state index in [2.05, 4.69) is 10.0 Å². The van der Waals surface area contributed by atoms with Crippen LogP contribution in [0, 0.1) is 6.92 Å². The van der Waals surface area contributed by atoms with Crippen LogP contribution in [-0.2, 0) is 14.8 Å². The number of carbonyl (C=O) groups is 1. The van der Waals surface area contributed by atoms with Gasteiger partial charge in [-0.25, -0.2) is 8.42 Å². The van der Waals surface area contributed by atoms with E-state index in [1.54, 1.807) is 61.5 Å². The van der Waals surface area contributed by atoms with Crippen LogP contribution in [0.25, 0.3) is 0 Å². The van der Waals surface area contributed by atoms with Gasteiger partial charge in [0.15, 0.2) is 6.61 Å². The Kier molecular flexibility index (Phi) is 6.87. The van der Waals surface area contributed by atoms with Gasteiger partial charge in [-0.3, -0.25) is 9.52 Å². The summed E-state index contributed by atoms with van der Waals surface area (Å²) in [5, 5.41) is 3.61. The molecule has 0 aliphatic carbocycles. The van der Waals surface area contributed by atoms with Gasteiger partial charge >= 0.3 is 0 Å². The highest BCUT2D eigenvalue weighted by atomic mass is 35.5. The third-order valence-electron chi connectivity index (χ3n) is 4.02. The number of hydrogen-bond donors (Lipinski definition) is 2. The zero-order chi connectivity index (χ0) is 21.7. The van der Waals surface area contributed by atoms with Crippen molar-refractivity contribution in [2.24, 2.45) is 0 Å². The van der Waals surface area contributed by atoms with Crippen molar-refractivity contribution in [3.05, 3.63) is 82.3 Å². The summed E-state index contributed by atoms with van der Waals surface area (Å²) in [5.41, 5.74) is 1.20. The first-order chi connectivity index (χ1) is 14.2. The SMILES string of the molecule is Cc1ccc(NC(=O)COc2ccc(Cl)cc2)cc1S(=O)(=O)Nc1cccc(Cl)c1. The maximum absolute atomic E-state index is 12.8. The molecule has 30 heavy (non-hydrogen) atoms. The predicted molar refractivity (Wildman–Crippen MR) is 119 cm³/mol. The van der Waals surface area contributed by atoms with Gasteiger partial charge < -0.3 is 10.1 Å². The van der Waals surface area contributed by atoms with Crippen LogP contribution in [0.5, 0.6) is 5.75 Å². The lowest BCUT2D eigenvalue weighted by Crippen LogP contribution is -2.21. The highest BCUT2D eigenvalue weighted by Crippen LogP contribution is 2.24. The van der Waals surface area contributed by atoms with Crippen LogP contribution in [0.15, 0.2) is 71.6 Å². The van der Waals surface area contributed by atoms with Crippen molar-refractivity contribution in [3.63, 3.8) is 0 Å². The van der Waals surface area contributed by atoms with E-state index in [9.17, 15) is 13.2 Å². The number of benzene rings is 3. The van der Waals surface area contributed by atoms with Gasteiger partial charge in [0, 0.05) is 15.7 Å². The molecule has 0 atom stereocenters. The molecule has 0 saturated carbocycles. The molecule has 0 unspecified atom stereocenters. The van der Waals surface area contributed by atoms with E-state index in [4.69, 9.17) is 27.9 Å². The molecule has 156 valence electrons. The van der Waals surface area contributed by atoms with Crippen LogP contribution >= 0.6 is 23.2 Å². The van der Waals surface area contributed by atoms with Crippen LogP contribution in [0.1, 0.15) is 5.56 Å². The molecular formula is C21H18Cl2N2O4S. The van der Waals surface area contributed by atoms with Crippen molar-refractivity contribution in [3.8, 4) is 5.75 Å². The number of aryl methyl sites for hydroxylation is 1. The van der Waals surface area contributed by atoms with Crippen molar-refractivity contribution in [1.82, 2.24) is 0 Å². The Labute approximate surface area is 184 Å². The van der Waals surface area contributed by atoms with Crippen LogP contribution in [0.4, 0.5) is 11.4 Å². The number of anilines is 2. The minimum Gasteiger partial charge on any atom is -0.484 e. The van der Waals surface area contributed by atoms with E-state index < -0.39 is 15.9 Å². The van der Waals surface area contributed by atoms with E-state index in [1.165, 1.54) is 12.1 Å². The number of nitrogens with one attached hydrogen (secondary N) is 2. The average molecular weight is 465 g/mol. The summed E-state index contributed by atoms with van der Waals surface area (Å²) < 4.78 is 33.5. The lowest BCUT2D eigenvalue weighted by atomic mass is 10.2. The Bertz CT molecular complexity index is 1170. The summed E-state index contributed by atoms with van der Waals surface area (Å²) in [6, 6.07) is 17.6. The maximum Gasteiger partial charge on any atom is 0.262 e. The zero-order valence-corrected chi connectivity index (χ0v) is 18.2. The number of rotatable bonds is 7. The fourth-order valence-corrected chi connectivity index (χ4v) is 4.24. The van der Waals surface area contributed by atoms with E-state index >= 15 is 0 Å². The molecule has 0 heterocycles. The lowest BCUT2D eigenvalue weighted by molar-refractivity contribution is -0.118. The van der Waals surface area contributed by atoms with Crippen LogP contribution < -0.4 is 14.8 Å².